The van der Waals surface area contributed by atoms with E-state index in [2.05, 4.69) is 43.5 Å². The van der Waals surface area contributed by atoms with Crippen molar-refractivity contribution in [2.45, 2.75) is 26.2 Å². The highest BCUT2D eigenvalue weighted by Gasteiger charge is 2.26. The maximum atomic E-state index is 12.0. The number of carbonyl (C=O) groups excluding carboxylic acids is 2. The number of hydrogen-bond donors (Lipinski definition) is 2. The second kappa shape index (κ2) is 9.09. The van der Waals surface area contributed by atoms with Gasteiger partial charge >= 0.3 is 0 Å². The van der Waals surface area contributed by atoms with Crippen LogP contribution in [0.15, 0.2) is 54.1 Å². The molecule has 0 atom stereocenters. The van der Waals surface area contributed by atoms with Crippen LogP contribution in [0.2, 0.25) is 0 Å². The van der Waals surface area contributed by atoms with Gasteiger partial charge in [0.1, 0.15) is 30.3 Å². The summed E-state index contributed by atoms with van der Waals surface area (Å²) in [6, 6.07) is 15.2. The summed E-state index contributed by atoms with van der Waals surface area (Å²) in [6.07, 6.45) is 1.48. The second-order valence-electron chi connectivity index (χ2n) is 7.80. The standard InChI is InChI=1S/C23H24N2O4S/c1-23(2,3)16-8-10-17(11-9-16)28-12-13-29-19-7-5-4-6-15(19)14-18-20(26)24-22(30)25-21(18)27/h4-11,14H,12-13H2,1-3H3,(H2,24,25,26,27,30). The van der Waals surface area contributed by atoms with E-state index in [1.807, 2.05) is 18.2 Å². The molecule has 0 spiro atoms. The predicted octanol–water partition coefficient (Wildman–Crippen LogP) is 3.36. The molecule has 7 heteroatoms. The first kappa shape index (κ1) is 21.5. The number of hydrogen-bond acceptors (Lipinski definition) is 5. The Bertz CT molecular complexity index is 969. The molecule has 6 nitrogen and oxygen atoms in total. The molecular weight excluding hydrogens is 400 g/mol. The van der Waals surface area contributed by atoms with Gasteiger partial charge in [0.05, 0.1) is 0 Å². The topological polar surface area (TPSA) is 76.7 Å². The van der Waals surface area contributed by atoms with Crippen molar-refractivity contribution in [3.8, 4) is 11.5 Å². The van der Waals surface area contributed by atoms with Crippen LogP contribution >= 0.6 is 12.2 Å². The lowest BCUT2D eigenvalue weighted by Crippen LogP contribution is -2.51. The fourth-order valence-electron chi connectivity index (χ4n) is 2.86. The summed E-state index contributed by atoms with van der Waals surface area (Å²) >= 11 is 4.81. The van der Waals surface area contributed by atoms with E-state index in [4.69, 9.17) is 21.7 Å². The molecule has 1 fully saturated rings. The van der Waals surface area contributed by atoms with Gasteiger partial charge in [-0.15, -0.1) is 0 Å². The minimum atomic E-state index is -0.541. The Morgan fingerprint density at radius 2 is 1.50 bits per heavy atom. The summed E-state index contributed by atoms with van der Waals surface area (Å²) in [7, 11) is 0. The highest BCUT2D eigenvalue weighted by atomic mass is 32.1. The molecular formula is C23H24N2O4S. The van der Waals surface area contributed by atoms with Crippen LogP contribution < -0.4 is 20.1 Å². The van der Waals surface area contributed by atoms with Crippen LogP contribution in [-0.4, -0.2) is 30.1 Å². The van der Waals surface area contributed by atoms with E-state index >= 15 is 0 Å². The third kappa shape index (κ3) is 5.45. The average molecular weight is 425 g/mol. The minimum absolute atomic E-state index is 0.000586. The molecule has 0 saturated carbocycles. The van der Waals surface area contributed by atoms with Gasteiger partial charge in [-0.1, -0.05) is 51.1 Å². The summed E-state index contributed by atoms with van der Waals surface area (Å²) in [6.45, 7) is 7.16. The van der Waals surface area contributed by atoms with Gasteiger partial charge in [-0.3, -0.25) is 20.2 Å². The number of ether oxygens (including phenoxy) is 2. The second-order valence-corrected chi connectivity index (χ2v) is 8.21. The third-order valence-electron chi connectivity index (χ3n) is 4.49. The molecule has 0 bridgehead atoms. The van der Waals surface area contributed by atoms with Crippen molar-refractivity contribution in [2.75, 3.05) is 13.2 Å². The highest BCUT2D eigenvalue weighted by Crippen LogP contribution is 2.25. The smallest absolute Gasteiger partial charge is 0.263 e. The summed E-state index contributed by atoms with van der Waals surface area (Å²) in [5.41, 5.74) is 1.91. The van der Waals surface area contributed by atoms with Gasteiger partial charge in [0.15, 0.2) is 5.11 Å². The Labute approximate surface area is 181 Å². The van der Waals surface area contributed by atoms with Crippen LogP contribution in [0.4, 0.5) is 0 Å². The van der Waals surface area contributed by atoms with Crippen molar-refractivity contribution in [3.05, 3.63) is 65.2 Å². The SMILES string of the molecule is CC(C)(C)c1ccc(OCCOc2ccccc2C=C2C(=O)NC(=S)NC2=O)cc1. The number of benzene rings is 2. The van der Waals surface area contributed by atoms with Gasteiger partial charge in [0.2, 0.25) is 0 Å². The fourth-order valence-corrected chi connectivity index (χ4v) is 3.04. The Morgan fingerprint density at radius 3 is 2.13 bits per heavy atom. The maximum Gasteiger partial charge on any atom is 0.263 e. The van der Waals surface area contributed by atoms with Crippen molar-refractivity contribution in [2.24, 2.45) is 0 Å². The van der Waals surface area contributed by atoms with Crippen molar-refractivity contribution < 1.29 is 19.1 Å². The molecule has 0 aromatic heterocycles. The molecule has 156 valence electrons. The summed E-state index contributed by atoms with van der Waals surface area (Å²) in [5.74, 6) is 0.236. The summed E-state index contributed by atoms with van der Waals surface area (Å²) < 4.78 is 11.6. The molecule has 1 aliphatic heterocycles. The van der Waals surface area contributed by atoms with Crippen molar-refractivity contribution >= 4 is 35.2 Å². The molecule has 2 aromatic rings. The molecule has 0 aliphatic carbocycles. The first-order valence-corrected chi connectivity index (χ1v) is 9.98. The lowest BCUT2D eigenvalue weighted by molar-refractivity contribution is -0.123. The first-order valence-electron chi connectivity index (χ1n) is 9.57. The molecule has 3 rings (SSSR count). The van der Waals surface area contributed by atoms with Crippen molar-refractivity contribution in [3.63, 3.8) is 0 Å². The Kier molecular flexibility index (Phi) is 6.52. The van der Waals surface area contributed by atoms with Gasteiger partial charge in [-0.25, -0.2) is 0 Å². The number of thiocarbonyl (C=S) groups is 1. The zero-order valence-electron chi connectivity index (χ0n) is 17.2. The zero-order chi connectivity index (χ0) is 21.7. The molecule has 1 heterocycles. The van der Waals surface area contributed by atoms with Crippen LogP contribution in [0.25, 0.3) is 6.08 Å². The average Bonchev–Trinajstić information content (AvgIpc) is 2.68. The van der Waals surface area contributed by atoms with Crippen molar-refractivity contribution in [1.29, 1.82) is 0 Å². The number of carbonyl (C=O) groups is 2. The van der Waals surface area contributed by atoms with E-state index in [0.29, 0.717) is 24.5 Å². The summed E-state index contributed by atoms with van der Waals surface area (Å²) in [5, 5.41) is 4.83. The van der Waals surface area contributed by atoms with Crippen LogP contribution in [-0.2, 0) is 15.0 Å². The zero-order valence-corrected chi connectivity index (χ0v) is 18.0. The highest BCUT2D eigenvalue weighted by molar-refractivity contribution is 7.80. The van der Waals surface area contributed by atoms with Gasteiger partial charge in [-0.2, -0.15) is 0 Å². The van der Waals surface area contributed by atoms with Crippen LogP contribution in [0.5, 0.6) is 11.5 Å². The fraction of sp³-hybridized carbons (Fsp3) is 0.261. The van der Waals surface area contributed by atoms with Gasteiger partial charge in [0, 0.05) is 5.56 Å². The number of rotatable bonds is 6. The monoisotopic (exact) mass is 424 g/mol. The van der Waals surface area contributed by atoms with E-state index in [1.165, 1.54) is 11.6 Å². The van der Waals surface area contributed by atoms with Crippen LogP contribution in [0.3, 0.4) is 0 Å². The number of nitrogens with one attached hydrogen (secondary N) is 2. The molecule has 2 amide bonds. The largest absolute Gasteiger partial charge is 0.490 e. The lowest BCUT2D eigenvalue weighted by atomic mass is 9.87. The quantitative estimate of drug-likeness (QED) is 0.322. The van der Waals surface area contributed by atoms with Gasteiger partial charge < -0.3 is 9.47 Å². The van der Waals surface area contributed by atoms with Gasteiger partial charge in [0.25, 0.3) is 11.8 Å². The van der Waals surface area contributed by atoms with Crippen LogP contribution in [0, 0.1) is 0 Å². The number of para-hydroxylation sites is 1. The van der Waals surface area contributed by atoms with E-state index in [-0.39, 0.29) is 16.1 Å². The summed E-state index contributed by atoms with van der Waals surface area (Å²) in [4.78, 5) is 24.1. The van der Waals surface area contributed by atoms with E-state index in [9.17, 15) is 9.59 Å². The first-order chi connectivity index (χ1) is 14.2. The molecule has 1 aliphatic rings. The number of amides is 2. The maximum absolute atomic E-state index is 12.0. The Balaban J connectivity index is 1.61. The minimum Gasteiger partial charge on any atom is -0.490 e. The lowest BCUT2D eigenvalue weighted by Gasteiger charge is -2.19. The molecule has 2 aromatic carbocycles. The Hall–Kier alpha value is -3.19. The van der Waals surface area contributed by atoms with E-state index in [1.54, 1.807) is 18.2 Å². The van der Waals surface area contributed by atoms with Crippen LogP contribution in [0.1, 0.15) is 31.9 Å². The normalized spacial score (nSPS) is 14.1. The Morgan fingerprint density at radius 1 is 0.900 bits per heavy atom. The van der Waals surface area contributed by atoms with E-state index in [0.717, 1.165) is 5.75 Å². The van der Waals surface area contributed by atoms with Crippen molar-refractivity contribution in [1.82, 2.24) is 10.6 Å². The predicted molar refractivity (Wildman–Crippen MR) is 119 cm³/mol. The molecule has 2 N–H and O–H groups in total. The molecule has 30 heavy (non-hydrogen) atoms. The molecule has 0 radical (unpaired) electrons. The van der Waals surface area contributed by atoms with Gasteiger partial charge in [-0.05, 0) is 47.5 Å². The van der Waals surface area contributed by atoms with E-state index < -0.39 is 11.8 Å². The third-order valence-corrected chi connectivity index (χ3v) is 4.70. The molecule has 0 unspecified atom stereocenters. The molecule has 1 saturated heterocycles.